The number of ether oxygens (including phenoxy) is 1. The Labute approximate surface area is 153 Å². The van der Waals surface area contributed by atoms with Crippen LogP contribution in [0.3, 0.4) is 0 Å². The molecule has 0 amide bonds. The Bertz CT molecular complexity index is 831. The van der Waals surface area contributed by atoms with Gasteiger partial charge in [-0.3, -0.25) is 4.79 Å². The van der Waals surface area contributed by atoms with Gasteiger partial charge in [0, 0.05) is 21.6 Å². The minimum absolute atomic E-state index is 0.218. The van der Waals surface area contributed by atoms with Crippen LogP contribution in [0, 0.1) is 0 Å². The third-order valence-electron chi connectivity index (χ3n) is 3.39. The lowest BCUT2D eigenvalue weighted by Gasteiger charge is -2.05. The van der Waals surface area contributed by atoms with Crippen LogP contribution in [-0.2, 0) is 10.5 Å². The van der Waals surface area contributed by atoms with Crippen molar-refractivity contribution in [2.24, 2.45) is 0 Å². The third-order valence-corrected chi connectivity index (χ3v) is 5.07. The van der Waals surface area contributed by atoms with Crippen molar-refractivity contribution >= 4 is 34.9 Å². The second kappa shape index (κ2) is 8.60. The van der Waals surface area contributed by atoms with E-state index in [1.807, 2.05) is 29.1 Å². The average Bonchev–Trinajstić information content (AvgIpc) is 3.19. The first kappa shape index (κ1) is 17.4. The van der Waals surface area contributed by atoms with Crippen molar-refractivity contribution in [2.45, 2.75) is 10.6 Å². The van der Waals surface area contributed by atoms with E-state index < -0.39 is 5.97 Å². The zero-order valence-electron chi connectivity index (χ0n) is 13.3. The molecule has 3 aromatic rings. The number of hydrogen-bond donors (Lipinski definition) is 0. The number of esters is 1. The van der Waals surface area contributed by atoms with Crippen LogP contribution in [0.1, 0.15) is 26.4 Å². The number of rotatable bonds is 7. The highest BCUT2D eigenvalue weighted by molar-refractivity contribution is 7.98. The molecule has 0 aliphatic heterocycles. The van der Waals surface area contributed by atoms with E-state index in [9.17, 15) is 9.59 Å². The molecule has 1 aromatic heterocycles. The number of Topliss-reactive ketones (excluding diaryl/α,β-unsaturated/α-hetero) is 1. The third kappa shape index (κ3) is 5.01. The molecule has 0 unspecified atom stereocenters. The van der Waals surface area contributed by atoms with E-state index in [0.717, 1.165) is 16.3 Å². The minimum atomic E-state index is -0.500. The molecule has 0 N–H and O–H groups in total. The van der Waals surface area contributed by atoms with Crippen molar-refractivity contribution < 1.29 is 14.3 Å². The first-order valence-electron chi connectivity index (χ1n) is 7.57. The van der Waals surface area contributed by atoms with Gasteiger partial charge in [-0.2, -0.15) is 0 Å². The SMILES string of the molecule is O=C(COC(=O)c1ccc(SCc2cscn2)cc1)c1ccccc1. The van der Waals surface area contributed by atoms with Gasteiger partial charge in [0.2, 0.25) is 0 Å². The van der Waals surface area contributed by atoms with Crippen LogP contribution in [-0.4, -0.2) is 23.3 Å². The number of hydrogen-bond acceptors (Lipinski definition) is 6. The molecule has 0 spiro atoms. The number of thioether (sulfide) groups is 1. The van der Waals surface area contributed by atoms with Crippen LogP contribution < -0.4 is 0 Å². The first-order chi connectivity index (χ1) is 12.2. The lowest BCUT2D eigenvalue weighted by Crippen LogP contribution is -2.14. The molecule has 25 heavy (non-hydrogen) atoms. The van der Waals surface area contributed by atoms with Gasteiger partial charge >= 0.3 is 5.97 Å². The van der Waals surface area contributed by atoms with Gasteiger partial charge in [0.05, 0.1) is 16.8 Å². The van der Waals surface area contributed by atoms with E-state index in [0.29, 0.717) is 11.1 Å². The van der Waals surface area contributed by atoms with Crippen LogP contribution >= 0.6 is 23.1 Å². The summed E-state index contributed by atoms with van der Waals surface area (Å²) in [5.74, 6) is 0.0727. The molecule has 0 fully saturated rings. The van der Waals surface area contributed by atoms with Gasteiger partial charge < -0.3 is 4.74 Å². The van der Waals surface area contributed by atoms with Gasteiger partial charge in [0.15, 0.2) is 12.4 Å². The maximum Gasteiger partial charge on any atom is 0.338 e. The monoisotopic (exact) mass is 369 g/mol. The van der Waals surface area contributed by atoms with E-state index in [1.165, 1.54) is 0 Å². The zero-order valence-corrected chi connectivity index (χ0v) is 14.9. The molecule has 0 radical (unpaired) electrons. The van der Waals surface area contributed by atoms with Crippen LogP contribution in [0.25, 0.3) is 0 Å². The highest BCUT2D eigenvalue weighted by atomic mass is 32.2. The fraction of sp³-hybridized carbons (Fsp3) is 0.105. The second-order valence-electron chi connectivity index (χ2n) is 5.16. The predicted molar refractivity (Wildman–Crippen MR) is 99.2 cm³/mol. The molecule has 0 bridgehead atoms. The molecular weight excluding hydrogens is 354 g/mol. The number of aromatic nitrogens is 1. The van der Waals surface area contributed by atoms with Crippen molar-refractivity contribution in [3.05, 3.63) is 82.3 Å². The number of thiazole rings is 1. The van der Waals surface area contributed by atoms with Gasteiger partial charge in [-0.15, -0.1) is 23.1 Å². The van der Waals surface area contributed by atoms with E-state index in [1.54, 1.807) is 59.5 Å². The van der Waals surface area contributed by atoms with Crippen molar-refractivity contribution in [3.63, 3.8) is 0 Å². The number of carbonyl (C=O) groups is 2. The Balaban J connectivity index is 1.51. The second-order valence-corrected chi connectivity index (χ2v) is 6.93. The Kier molecular flexibility index (Phi) is 5.98. The molecule has 2 aromatic carbocycles. The van der Waals surface area contributed by atoms with E-state index in [-0.39, 0.29) is 12.4 Å². The van der Waals surface area contributed by atoms with Gasteiger partial charge in [0.25, 0.3) is 0 Å². The maximum atomic E-state index is 12.0. The lowest BCUT2D eigenvalue weighted by atomic mass is 10.1. The summed E-state index contributed by atoms with van der Waals surface area (Å²) in [5, 5.41) is 2.02. The Morgan fingerprint density at radius 2 is 1.76 bits per heavy atom. The van der Waals surface area contributed by atoms with E-state index >= 15 is 0 Å². The molecule has 0 atom stereocenters. The Hall–Kier alpha value is -2.44. The highest BCUT2D eigenvalue weighted by Gasteiger charge is 2.11. The standard InChI is InChI=1S/C19H15NO3S2/c21-18(14-4-2-1-3-5-14)10-23-19(22)15-6-8-17(9-7-15)25-12-16-11-24-13-20-16/h1-9,11,13H,10,12H2. The maximum absolute atomic E-state index is 12.0. The zero-order chi connectivity index (χ0) is 17.5. The molecule has 0 saturated heterocycles. The quantitative estimate of drug-likeness (QED) is 0.349. The molecular formula is C19H15NO3S2. The lowest BCUT2D eigenvalue weighted by molar-refractivity contribution is 0.0474. The fourth-order valence-electron chi connectivity index (χ4n) is 2.08. The van der Waals surface area contributed by atoms with Crippen molar-refractivity contribution in [1.29, 1.82) is 0 Å². The van der Waals surface area contributed by atoms with Crippen molar-refractivity contribution in [3.8, 4) is 0 Å². The smallest absolute Gasteiger partial charge is 0.338 e. The van der Waals surface area contributed by atoms with Crippen LogP contribution in [0.15, 0.2) is 70.4 Å². The molecule has 1 heterocycles. The number of carbonyl (C=O) groups excluding carboxylic acids is 2. The van der Waals surface area contributed by atoms with Crippen molar-refractivity contribution in [1.82, 2.24) is 4.98 Å². The normalized spacial score (nSPS) is 10.4. The van der Waals surface area contributed by atoms with Crippen LogP contribution in [0.2, 0.25) is 0 Å². The summed E-state index contributed by atoms with van der Waals surface area (Å²) in [6.07, 6.45) is 0. The van der Waals surface area contributed by atoms with Crippen molar-refractivity contribution in [2.75, 3.05) is 6.61 Å². The Morgan fingerprint density at radius 3 is 2.44 bits per heavy atom. The predicted octanol–water partition coefficient (Wildman–Crippen LogP) is 4.48. The summed E-state index contributed by atoms with van der Waals surface area (Å²) < 4.78 is 5.10. The number of ketones is 1. The van der Waals surface area contributed by atoms with Gasteiger partial charge in [-0.05, 0) is 24.3 Å². The average molecular weight is 369 g/mol. The van der Waals surface area contributed by atoms with Gasteiger partial charge in [-0.25, -0.2) is 9.78 Å². The topological polar surface area (TPSA) is 56.3 Å². The van der Waals surface area contributed by atoms with E-state index in [2.05, 4.69) is 4.98 Å². The summed E-state index contributed by atoms with van der Waals surface area (Å²) in [4.78, 5) is 29.3. The van der Waals surface area contributed by atoms with Crippen LogP contribution in [0.5, 0.6) is 0 Å². The summed E-state index contributed by atoms with van der Waals surface area (Å²) >= 11 is 3.23. The minimum Gasteiger partial charge on any atom is -0.454 e. The van der Waals surface area contributed by atoms with E-state index in [4.69, 9.17) is 4.74 Å². The molecule has 4 nitrogen and oxygen atoms in total. The molecule has 0 saturated carbocycles. The molecule has 0 aliphatic carbocycles. The summed E-state index contributed by atoms with van der Waals surface area (Å²) in [6.45, 7) is -0.261. The number of nitrogens with zero attached hydrogens (tertiary/aromatic N) is 1. The summed E-state index contributed by atoms with van der Waals surface area (Å²) in [6, 6.07) is 15.9. The highest BCUT2D eigenvalue weighted by Crippen LogP contribution is 2.23. The van der Waals surface area contributed by atoms with Gasteiger partial charge in [0.1, 0.15) is 0 Å². The molecule has 3 rings (SSSR count). The largest absolute Gasteiger partial charge is 0.454 e. The van der Waals surface area contributed by atoms with Gasteiger partial charge in [-0.1, -0.05) is 30.3 Å². The molecule has 0 aliphatic rings. The summed E-state index contributed by atoms with van der Waals surface area (Å²) in [7, 11) is 0. The molecule has 126 valence electrons. The molecule has 6 heteroatoms. The number of benzene rings is 2. The summed E-state index contributed by atoms with van der Waals surface area (Å²) in [5.41, 5.74) is 3.81. The fourth-order valence-corrected chi connectivity index (χ4v) is 3.54. The van der Waals surface area contributed by atoms with Crippen LogP contribution in [0.4, 0.5) is 0 Å². The Morgan fingerprint density at radius 1 is 1.00 bits per heavy atom. The first-order valence-corrected chi connectivity index (χ1v) is 9.50.